The zero-order valence-corrected chi connectivity index (χ0v) is 19.5. The molecular weight excluding hydrogens is 425 g/mol. The maximum absolute atomic E-state index is 13.1. The molecule has 1 spiro atoms. The number of amides is 2. The van der Waals surface area contributed by atoms with Crippen molar-refractivity contribution >= 4 is 11.8 Å². The van der Waals surface area contributed by atoms with Crippen molar-refractivity contribution in [2.45, 2.75) is 52.6 Å². The number of aryl methyl sites for hydroxylation is 1. The number of nitrogens with one attached hydrogen (secondary N) is 1. The second-order valence-corrected chi connectivity index (χ2v) is 9.69. The molecule has 0 aliphatic carbocycles. The van der Waals surface area contributed by atoms with Gasteiger partial charge in [0.2, 0.25) is 17.7 Å². The molecule has 33 heavy (non-hydrogen) atoms. The first kappa shape index (κ1) is 23.4. The fourth-order valence-electron chi connectivity index (χ4n) is 4.97. The minimum atomic E-state index is -0.300. The number of rotatable bonds is 6. The Hall–Kier alpha value is -2.81. The van der Waals surface area contributed by atoms with Crippen molar-refractivity contribution in [1.82, 2.24) is 25.3 Å². The third-order valence-corrected chi connectivity index (χ3v) is 6.81. The van der Waals surface area contributed by atoms with Crippen LogP contribution >= 0.6 is 0 Å². The number of halogens is 1. The molecule has 3 heterocycles. The molecular formula is C24H32FN5O3. The van der Waals surface area contributed by atoms with Gasteiger partial charge in [-0.3, -0.25) is 14.5 Å². The predicted octanol–water partition coefficient (Wildman–Crippen LogP) is 2.85. The molecule has 1 aromatic heterocycles. The molecule has 4 rings (SSSR count). The van der Waals surface area contributed by atoms with Gasteiger partial charge in [-0.15, -0.1) is 0 Å². The maximum atomic E-state index is 13.1. The smallest absolute Gasteiger partial charge is 0.244 e. The lowest BCUT2D eigenvalue weighted by molar-refractivity contribution is -0.136. The second-order valence-electron chi connectivity index (χ2n) is 9.69. The van der Waals surface area contributed by atoms with Crippen molar-refractivity contribution in [2.24, 2.45) is 11.3 Å². The summed E-state index contributed by atoms with van der Waals surface area (Å²) in [6, 6.07) is 5.97. The van der Waals surface area contributed by atoms with Crippen LogP contribution < -0.4 is 5.32 Å². The maximum Gasteiger partial charge on any atom is 0.244 e. The summed E-state index contributed by atoms with van der Waals surface area (Å²) in [6.45, 7) is 8.41. The van der Waals surface area contributed by atoms with E-state index < -0.39 is 0 Å². The van der Waals surface area contributed by atoms with Crippen LogP contribution in [0.1, 0.15) is 56.4 Å². The standard InChI is InChI=1S/C24H32FN5O3/c1-16(2)23(32)29-10-8-24(9-11-29)12-20(22-27-17(3)28-33-22)30(15-24)14-21(31)26-13-18-4-6-19(25)7-5-18/h4-7,16,20H,8-15H2,1-3H3,(H,26,31). The van der Waals surface area contributed by atoms with Crippen molar-refractivity contribution in [3.63, 3.8) is 0 Å². The molecule has 8 nitrogen and oxygen atoms in total. The first-order valence-electron chi connectivity index (χ1n) is 11.6. The van der Waals surface area contributed by atoms with Crippen LogP contribution in [0.25, 0.3) is 0 Å². The average molecular weight is 458 g/mol. The highest BCUT2D eigenvalue weighted by Gasteiger charge is 2.48. The zero-order chi connectivity index (χ0) is 23.6. The van der Waals surface area contributed by atoms with Crippen LogP contribution in [0.15, 0.2) is 28.8 Å². The van der Waals surface area contributed by atoms with E-state index in [4.69, 9.17) is 4.52 Å². The van der Waals surface area contributed by atoms with Gasteiger partial charge in [-0.05, 0) is 49.3 Å². The molecule has 0 saturated carbocycles. The van der Waals surface area contributed by atoms with Gasteiger partial charge in [0.1, 0.15) is 5.82 Å². The number of aromatic nitrogens is 2. The van der Waals surface area contributed by atoms with Crippen LogP contribution in [-0.2, 0) is 16.1 Å². The molecule has 9 heteroatoms. The van der Waals surface area contributed by atoms with Gasteiger partial charge in [0.05, 0.1) is 12.6 Å². The van der Waals surface area contributed by atoms with Crippen LogP contribution in [0.2, 0.25) is 0 Å². The highest BCUT2D eigenvalue weighted by Crippen LogP contribution is 2.48. The molecule has 0 bridgehead atoms. The summed E-state index contributed by atoms with van der Waals surface area (Å²) in [5, 5.41) is 6.88. The molecule has 1 atom stereocenters. The highest BCUT2D eigenvalue weighted by molar-refractivity contribution is 5.78. The quantitative estimate of drug-likeness (QED) is 0.717. The molecule has 2 fully saturated rings. The molecule has 2 amide bonds. The Kier molecular flexibility index (Phi) is 6.78. The van der Waals surface area contributed by atoms with Gasteiger partial charge >= 0.3 is 0 Å². The van der Waals surface area contributed by atoms with Crippen LogP contribution in [0.5, 0.6) is 0 Å². The number of carbonyl (C=O) groups is 2. The van der Waals surface area contributed by atoms with E-state index in [2.05, 4.69) is 20.4 Å². The SMILES string of the molecule is Cc1noc(C2CC3(CCN(C(=O)C(C)C)CC3)CN2CC(=O)NCc2ccc(F)cc2)n1. The molecule has 1 aromatic carbocycles. The van der Waals surface area contributed by atoms with Crippen molar-refractivity contribution in [3.8, 4) is 0 Å². The van der Waals surface area contributed by atoms with Gasteiger partial charge in [-0.1, -0.05) is 31.1 Å². The average Bonchev–Trinajstić information content (AvgIpc) is 3.37. The van der Waals surface area contributed by atoms with Gasteiger partial charge in [0.25, 0.3) is 0 Å². The van der Waals surface area contributed by atoms with E-state index in [9.17, 15) is 14.0 Å². The largest absolute Gasteiger partial charge is 0.351 e. The molecule has 1 unspecified atom stereocenters. The van der Waals surface area contributed by atoms with Crippen LogP contribution in [0, 0.1) is 24.1 Å². The van der Waals surface area contributed by atoms with E-state index >= 15 is 0 Å². The molecule has 1 N–H and O–H groups in total. The molecule has 2 aliphatic rings. The number of hydrogen-bond donors (Lipinski definition) is 1. The van der Waals surface area contributed by atoms with E-state index in [1.54, 1.807) is 19.1 Å². The van der Waals surface area contributed by atoms with Crippen molar-refractivity contribution in [1.29, 1.82) is 0 Å². The van der Waals surface area contributed by atoms with E-state index in [-0.39, 0.29) is 41.6 Å². The minimum Gasteiger partial charge on any atom is -0.351 e. The topological polar surface area (TPSA) is 91.6 Å². The summed E-state index contributed by atoms with van der Waals surface area (Å²) >= 11 is 0. The lowest BCUT2D eigenvalue weighted by Gasteiger charge is -2.40. The Balaban J connectivity index is 1.42. The Morgan fingerprint density at radius 3 is 2.55 bits per heavy atom. The third kappa shape index (κ3) is 5.40. The molecule has 2 aliphatic heterocycles. The fraction of sp³-hybridized carbons (Fsp3) is 0.583. The van der Waals surface area contributed by atoms with Crippen molar-refractivity contribution < 1.29 is 18.5 Å². The molecule has 0 radical (unpaired) electrons. The lowest BCUT2D eigenvalue weighted by atomic mass is 9.76. The van der Waals surface area contributed by atoms with Crippen molar-refractivity contribution in [2.75, 3.05) is 26.2 Å². The van der Waals surface area contributed by atoms with Gasteiger partial charge in [0, 0.05) is 32.1 Å². The highest BCUT2D eigenvalue weighted by atomic mass is 19.1. The number of piperidine rings is 1. The van der Waals surface area contributed by atoms with Gasteiger partial charge in [0.15, 0.2) is 5.82 Å². The van der Waals surface area contributed by atoms with Crippen LogP contribution in [0.4, 0.5) is 4.39 Å². The van der Waals surface area contributed by atoms with Crippen LogP contribution in [0.3, 0.4) is 0 Å². The Bertz CT molecular complexity index is 982. The zero-order valence-electron chi connectivity index (χ0n) is 19.5. The third-order valence-electron chi connectivity index (χ3n) is 6.81. The van der Waals surface area contributed by atoms with E-state index in [1.165, 1.54) is 12.1 Å². The Morgan fingerprint density at radius 2 is 1.94 bits per heavy atom. The van der Waals surface area contributed by atoms with E-state index in [0.717, 1.165) is 44.5 Å². The Labute approximate surface area is 193 Å². The van der Waals surface area contributed by atoms with E-state index in [1.807, 2.05) is 18.7 Å². The number of nitrogens with zero attached hydrogens (tertiary/aromatic N) is 4. The van der Waals surface area contributed by atoms with E-state index in [0.29, 0.717) is 18.3 Å². The monoisotopic (exact) mass is 457 g/mol. The second kappa shape index (κ2) is 9.59. The molecule has 2 aromatic rings. The summed E-state index contributed by atoms with van der Waals surface area (Å²) in [5.74, 6) is 0.902. The first-order valence-corrected chi connectivity index (χ1v) is 11.6. The normalized spacial score (nSPS) is 20.5. The minimum absolute atomic E-state index is 0.00181. The summed E-state index contributed by atoms with van der Waals surface area (Å²) in [6.07, 6.45) is 2.61. The molecule has 2 saturated heterocycles. The first-order chi connectivity index (χ1) is 15.7. The van der Waals surface area contributed by atoms with Gasteiger partial charge < -0.3 is 14.7 Å². The summed E-state index contributed by atoms with van der Waals surface area (Å²) in [5.41, 5.74) is 0.854. The summed E-state index contributed by atoms with van der Waals surface area (Å²) in [4.78, 5) is 33.7. The number of hydrogen-bond acceptors (Lipinski definition) is 6. The van der Waals surface area contributed by atoms with Gasteiger partial charge in [-0.25, -0.2) is 4.39 Å². The lowest BCUT2D eigenvalue weighted by Crippen LogP contribution is -2.46. The molecule has 178 valence electrons. The Morgan fingerprint density at radius 1 is 1.24 bits per heavy atom. The summed E-state index contributed by atoms with van der Waals surface area (Å²) in [7, 11) is 0. The van der Waals surface area contributed by atoms with Gasteiger partial charge in [-0.2, -0.15) is 4.98 Å². The van der Waals surface area contributed by atoms with Crippen LogP contribution in [-0.4, -0.2) is 57.9 Å². The predicted molar refractivity (Wildman–Crippen MR) is 119 cm³/mol. The number of benzene rings is 1. The fourth-order valence-corrected chi connectivity index (χ4v) is 4.97. The number of carbonyl (C=O) groups excluding carboxylic acids is 2. The van der Waals surface area contributed by atoms with Crippen molar-refractivity contribution in [3.05, 3.63) is 47.4 Å². The number of likely N-dealkylation sites (tertiary alicyclic amines) is 2. The summed E-state index contributed by atoms with van der Waals surface area (Å²) < 4.78 is 18.6.